The molecule has 3 nitrogen and oxygen atoms in total. The number of pyridine rings is 1. The van der Waals surface area contributed by atoms with Gasteiger partial charge in [0.1, 0.15) is 0 Å². The fourth-order valence-corrected chi connectivity index (χ4v) is 2.84. The molecule has 2 rings (SSSR count). The second-order valence-electron chi connectivity index (χ2n) is 5.35. The first-order valence-corrected chi connectivity index (χ1v) is 7.30. The summed E-state index contributed by atoms with van der Waals surface area (Å²) in [5.74, 6) is -0.249. The number of nitrogens with zero attached hydrogens (tertiary/aromatic N) is 1. The molecule has 3 heteroatoms. The zero-order valence-corrected chi connectivity index (χ0v) is 12.0. The Kier molecular flexibility index (Phi) is 4.94. The third-order valence-electron chi connectivity index (χ3n) is 3.85. The highest BCUT2D eigenvalue weighted by atomic mass is 16.5. The van der Waals surface area contributed by atoms with Gasteiger partial charge in [-0.3, -0.25) is 4.98 Å². The number of methoxy groups -OCH3 is 1. The molecule has 0 fully saturated rings. The zero-order chi connectivity index (χ0) is 13.7. The molecular formula is C16H23NO2. The van der Waals surface area contributed by atoms with E-state index >= 15 is 0 Å². The number of carbonyl (C=O) groups excluding carboxylic acids is 1. The van der Waals surface area contributed by atoms with Crippen LogP contribution >= 0.6 is 0 Å². The first-order chi connectivity index (χ1) is 9.22. The van der Waals surface area contributed by atoms with E-state index in [1.165, 1.54) is 39.2 Å². The third-order valence-corrected chi connectivity index (χ3v) is 3.85. The van der Waals surface area contributed by atoms with Crippen molar-refractivity contribution in [3.8, 4) is 0 Å². The molecule has 1 aromatic rings. The molecule has 0 amide bonds. The van der Waals surface area contributed by atoms with Crippen LogP contribution in [0.5, 0.6) is 0 Å². The summed E-state index contributed by atoms with van der Waals surface area (Å²) in [6, 6.07) is 2.12. The van der Waals surface area contributed by atoms with Gasteiger partial charge in [-0.2, -0.15) is 0 Å². The Balaban J connectivity index is 2.35. The predicted octanol–water partition coefficient (Wildman–Crippen LogP) is 3.62. The van der Waals surface area contributed by atoms with Crippen molar-refractivity contribution in [2.45, 2.75) is 58.3 Å². The van der Waals surface area contributed by atoms with E-state index in [-0.39, 0.29) is 5.97 Å². The molecule has 0 radical (unpaired) electrons. The van der Waals surface area contributed by atoms with Crippen molar-refractivity contribution in [3.05, 3.63) is 28.6 Å². The van der Waals surface area contributed by atoms with Gasteiger partial charge >= 0.3 is 5.97 Å². The molecule has 0 aliphatic heterocycles. The Morgan fingerprint density at radius 1 is 1.11 bits per heavy atom. The van der Waals surface area contributed by atoms with Gasteiger partial charge in [-0.05, 0) is 44.2 Å². The molecule has 1 aromatic heterocycles. The summed E-state index contributed by atoms with van der Waals surface area (Å²) in [5.41, 5.74) is 3.75. The van der Waals surface area contributed by atoms with E-state index < -0.39 is 0 Å². The number of esters is 1. The fourth-order valence-electron chi connectivity index (χ4n) is 2.84. The number of carbonyl (C=O) groups is 1. The number of aromatic nitrogens is 1. The predicted molar refractivity (Wildman–Crippen MR) is 75.4 cm³/mol. The second kappa shape index (κ2) is 6.69. The van der Waals surface area contributed by atoms with Crippen molar-refractivity contribution in [1.82, 2.24) is 4.98 Å². The lowest BCUT2D eigenvalue weighted by atomic mass is 9.99. The van der Waals surface area contributed by atoms with Gasteiger partial charge in [0.05, 0.1) is 18.4 Å². The van der Waals surface area contributed by atoms with Crippen LogP contribution in [0.3, 0.4) is 0 Å². The van der Waals surface area contributed by atoms with Crippen LogP contribution in [0.4, 0.5) is 0 Å². The molecule has 2 bridgehead atoms. The molecule has 0 atom stereocenters. The number of aryl methyl sites for hydroxylation is 3. The standard InChI is InChI=1S/C16H23NO2/c1-12-15(16(18)19-2)13-9-7-5-3-4-6-8-10-14(11-13)17-12/h11H,3-10H2,1-2H3. The summed E-state index contributed by atoms with van der Waals surface area (Å²) >= 11 is 0. The van der Waals surface area contributed by atoms with Gasteiger partial charge in [-0.25, -0.2) is 4.79 Å². The summed E-state index contributed by atoms with van der Waals surface area (Å²) in [4.78, 5) is 16.5. The lowest BCUT2D eigenvalue weighted by molar-refractivity contribution is 0.0598. The average molecular weight is 261 g/mol. The van der Waals surface area contributed by atoms with E-state index in [9.17, 15) is 4.79 Å². The normalized spacial score (nSPS) is 16.5. The Morgan fingerprint density at radius 2 is 1.74 bits per heavy atom. The molecule has 0 N–H and O–H groups in total. The first kappa shape index (κ1) is 14.0. The number of hydrogen-bond acceptors (Lipinski definition) is 3. The highest BCUT2D eigenvalue weighted by Crippen LogP contribution is 2.21. The minimum Gasteiger partial charge on any atom is -0.465 e. The topological polar surface area (TPSA) is 39.2 Å². The summed E-state index contributed by atoms with van der Waals surface area (Å²) < 4.78 is 4.90. The van der Waals surface area contributed by atoms with Crippen LogP contribution < -0.4 is 0 Å². The van der Waals surface area contributed by atoms with Crippen LogP contribution in [0.1, 0.15) is 65.8 Å². The molecule has 0 saturated carbocycles. The van der Waals surface area contributed by atoms with Crippen molar-refractivity contribution in [2.24, 2.45) is 0 Å². The fraction of sp³-hybridized carbons (Fsp3) is 0.625. The van der Waals surface area contributed by atoms with E-state index in [2.05, 4.69) is 11.1 Å². The lowest BCUT2D eigenvalue weighted by Crippen LogP contribution is -2.11. The summed E-state index contributed by atoms with van der Waals surface area (Å²) in [5, 5.41) is 0. The van der Waals surface area contributed by atoms with E-state index in [0.29, 0.717) is 5.56 Å². The molecule has 0 aromatic carbocycles. The van der Waals surface area contributed by atoms with Gasteiger partial charge in [0.25, 0.3) is 0 Å². The molecule has 0 unspecified atom stereocenters. The molecule has 1 aliphatic rings. The maximum atomic E-state index is 11.9. The van der Waals surface area contributed by atoms with Crippen LogP contribution in [0, 0.1) is 6.92 Å². The van der Waals surface area contributed by atoms with Crippen molar-refractivity contribution >= 4 is 5.97 Å². The van der Waals surface area contributed by atoms with Crippen LogP contribution in [-0.4, -0.2) is 18.1 Å². The van der Waals surface area contributed by atoms with Crippen LogP contribution in [0.25, 0.3) is 0 Å². The van der Waals surface area contributed by atoms with E-state index in [4.69, 9.17) is 4.74 Å². The number of ether oxygens (including phenoxy) is 1. The maximum Gasteiger partial charge on any atom is 0.339 e. The quantitative estimate of drug-likeness (QED) is 0.725. The second-order valence-corrected chi connectivity index (χ2v) is 5.35. The third kappa shape index (κ3) is 3.55. The van der Waals surface area contributed by atoms with Gasteiger partial charge in [0.15, 0.2) is 0 Å². The van der Waals surface area contributed by atoms with Gasteiger partial charge in [-0.1, -0.05) is 25.7 Å². The Labute approximate surface area is 115 Å². The van der Waals surface area contributed by atoms with Gasteiger partial charge < -0.3 is 4.74 Å². The molecule has 0 spiro atoms. The summed E-state index contributed by atoms with van der Waals surface area (Å²) in [6.07, 6.45) is 9.48. The molecular weight excluding hydrogens is 238 g/mol. The highest BCUT2D eigenvalue weighted by Gasteiger charge is 2.17. The van der Waals surface area contributed by atoms with Gasteiger partial charge in [-0.15, -0.1) is 0 Å². The van der Waals surface area contributed by atoms with E-state index in [1.807, 2.05) is 6.92 Å². The molecule has 1 heterocycles. The smallest absolute Gasteiger partial charge is 0.339 e. The van der Waals surface area contributed by atoms with E-state index in [1.54, 1.807) is 0 Å². The Bertz CT molecular complexity index is 454. The highest BCUT2D eigenvalue weighted by molar-refractivity contribution is 5.92. The zero-order valence-electron chi connectivity index (χ0n) is 12.0. The van der Waals surface area contributed by atoms with Gasteiger partial charge in [0, 0.05) is 5.69 Å². The van der Waals surface area contributed by atoms with Crippen LogP contribution in [0.15, 0.2) is 6.07 Å². The van der Waals surface area contributed by atoms with Crippen molar-refractivity contribution in [2.75, 3.05) is 7.11 Å². The van der Waals surface area contributed by atoms with E-state index in [0.717, 1.165) is 36.2 Å². The Hall–Kier alpha value is -1.38. The molecule has 1 aliphatic carbocycles. The minimum absolute atomic E-state index is 0.249. The summed E-state index contributed by atoms with van der Waals surface area (Å²) in [7, 11) is 1.44. The van der Waals surface area contributed by atoms with Crippen LogP contribution in [0.2, 0.25) is 0 Å². The number of rotatable bonds is 1. The largest absolute Gasteiger partial charge is 0.465 e. The molecule has 104 valence electrons. The number of fused-ring (bicyclic) bond motifs is 2. The average Bonchev–Trinajstić information content (AvgIpc) is 2.43. The maximum absolute atomic E-state index is 11.9. The minimum atomic E-state index is -0.249. The molecule has 19 heavy (non-hydrogen) atoms. The molecule has 0 saturated heterocycles. The Morgan fingerprint density at radius 3 is 2.42 bits per heavy atom. The SMILES string of the molecule is COC(=O)c1c2cc(nc1C)CCCCCCCC2. The van der Waals surface area contributed by atoms with Crippen molar-refractivity contribution in [3.63, 3.8) is 0 Å². The monoisotopic (exact) mass is 261 g/mol. The summed E-state index contributed by atoms with van der Waals surface area (Å²) in [6.45, 7) is 1.92. The van der Waals surface area contributed by atoms with Gasteiger partial charge in [0.2, 0.25) is 0 Å². The lowest BCUT2D eigenvalue weighted by Gasteiger charge is -2.12. The van der Waals surface area contributed by atoms with Crippen molar-refractivity contribution < 1.29 is 9.53 Å². The number of hydrogen-bond donors (Lipinski definition) is 0. The van der Waals surface area contributed by atoms with Crippen molar-refractivity contribution in [1.29, 1.82) is 0 Å². The first-order valence-electron chi connectivity index (χ1n) is 7.30. The van der Waals surface area contributed by atoms with Crippen LogP contribution in [-0.2, 0) is 17.6 Å².